The molecule has 0 radical (unpaired) electrons. The minimum absolute atomic E-state index is 0.160. The Bertz CT molecular complexity index is 2110. The Morgan fingerprint density at radius 2 is 0.980 bits per heavy atom. The highest BCUT2D eigenvalue weighted by Gasteiger charge is 2.19. The van der Waals surface area contributed by atoms with Crippen LogP contribution in [-0.2, 0) is 13.1 Å². The average molecular weight is 831 g/mol. The molecule has 6 rings (SSSR count). The number of hydrogen-bond donors (Lipinski definition) is 6. The third-order valence-electron chi connectivity index (χ3n) is 8.28. The Morgan fingerprint density at radius 1 is 0.560 bits per heavy atom. The van der Waals surface area contributed by atoms with Crippen molar-refractivity contribution in [1.29, 1.82) is 0 Å². The third-order valence-corrected chi connectivity index (χ3v) is 9.90. The first-order valence-corrected chi connectivity index (χ1v) is 17.8. The number of nitrogen functional groups attached to an aromatic ring is 2. The van der Waals surface area contributed by atoms with E-state index in [4.69, 9.17) is 46.1 Å². The van der Waals surface area contributed by atoms with Crippen LogP contribution in [0.1, 0.15) is 27.0 Å². The van der Waals surface area contributed by atoms with Gasteiger partial charge in [-0.1, -0.05) is 91.5 Å². The van der Waals surface area contributed by atoms with Crippen molar-refractivity contribution in [1.82, 2.24) is 0 Å². The van der Waals surface area contributed by atoms with Crippen LogP contribution in [0.4, 0.5) is 34.1 Å². The molecule has 0 fully saturated rings. The Kier molecular flexibility index (Phi) is 10.8. The molecule has 0 saturated heterocycles. The third kappa shape index (κ3) is 7.68. The molecule has 0 bridgehead atoms. The number of rotatable bonds is 10. The van der Waals surface area contributed by atoms with Crippen molar-refractivity contribution in [2.75, 3.05) is 22.1 Å². The van der Waals surface area contributed by atoms with Gasteiger partial charge in [0.05, 0.1) is 32.8 Å². The quantitative estimate of drug-likeness (QED) is 0.0595. The largest absolute Gasteiger partial charge is 0.397 e. The van der Waals surface area contributed by atoms with E-state index in [9.17, 15) is 4.79 Å². The molecule has 0 atom stereocenters. The van der Waals surface area contributed by atoms with E-state index >= 15 is 0 Å². The van der Waals surface area contributed by atoms with Gasteiger partial charge in [-0.3, -0.25) is 4.79 Å². The second-order valence-electron chi connectivity index (χ2n) is 11.6. The summed E-state index contributed by atoms with van der Waals surface area (Å²) in [6, 6.07) is 33.8. The van der Waals surface area contributed by atoms with Gasteiger partial charge in [-0.15, -0.1) is 0 Å². The van der Waals surface area contributed by atoms with Crippen LogP contribution >= 0.6 is 55.1 Å². The van der Waals surface area contributed by atoms with Crippen LogP contribution in [0.15, 0.2) is 118 Å². The highest BCUT2D eigenvalue weighted by atomic mass is 79.9. The van der Waals surface area contributed by atoms with Gasteiger partial charge in [0.2, 0.25) is 0 Å². The standard InChI is InChI=1S/C39H32Br2Cl2N6O/c40-25-3-11-37(35(46)15-25)48-27-5-9-29(33(42)17-27)21-1-7-31(23(13-21)19-44)39(50)32-8-2-22(14-24(32)20-45)30-10-6-28(18-34(30)43)49-38-12-4-26(41)16-36(38)47/h1-18,48-49H,19-20,44-47H2. The maximum atomic E-state index is 14.0. The molecule has 0 heterocycles. The molecule has 6 aromatic rings. The summed E-state index contributed by atoms with van der Waals surface area (Å²) in [5.74, 6) is -0.167. The summed E-state index contributed by atoms with van der Waals surface area (Å²) in [6.07, 6.45) is 0. The fraction of sp³-hybridized carbons (Fsp3) is 0.0513. The summed E-state index contributed by atoms with van der Waals surface area (Å²) < 4.78 is 1.79. The first-order chi connectivity index (χ1) is 24.0. The molecule has 0 aromatic heterocycles. The molecule has 0 spiro atoms. The molecule has 0 aliphatic carbocycles. The Labute approximate surface area is 317 Å². The number of halogens is 4. The van der Waals surface area contributed by atoms with Crippen LogP contribution in [0.2, 0.25) is 10.0 Å². The number of anilines is 6. The molecule has 7 nitrogen and oxygen atoms in total. The van der Waals surface area contributed by atoms with Gasteiger partial charge in [0.1, 0.15) is 0 Å². The van der Waals surface area contributed by atoms with Crippen LogP contribution in [0.5, 0.6) is 0 Å². The van der Waals surface area contributed by atoms with Crippen molar-refractivity contribution in [3.63, 3.8) is 0 Å². The molecule has 252 valence electrons. The van der Waals surface area contributed by atoms with Crippen LogP contribution in [0, 0.1) is 0 Å². The van der Waals surface area contributed by atoms with Gasteiger partial charge >= 0.3 is 0 Å². The molecule has 0 saturated carbocycles. The average Bonchev–Trinajstić information content (AvgIpc) is 3.10. The number of ketones is 1. The van der Waals surface area contributed by atoms with E-state index in [0.717, 1.165) is 53.9 Å². The van der Waals surface area contributed by atoms with E-state index in [-0.39, 0.29) is 18.9 Å². The van der Waals surface area contributed by atoms with Crippen LogP contribution < -0.4 is 33.6 Å². The minimum Gasteiger partial charge on any atom is -0.397 e. The Balaban J connectivity index is 1.23. The van der Waals surface area contributed by atoms with Crippen molar-refractivity contribution in [3.8, 4) is 22.3 Å². The number of nitrogens with two attached hydrogens (primary N) is 4. The Morgan fingerprint density at radius 3 is 1.34 bits per heavy atom. The predicted octanol–water partition coefficient (Wildman–Crippen LogP) is 10.7. The van der Waals surface area contributed by atoms with E-state index in [1.54, 1.807) is 12.1 Å². The van der Waals surface area contributed by atoms with Gasteiger partial charge in [-0.25, -0.2) is 0 Å². The molecule has 11 heteroatoms. The molecule has 6 aromatic carbocycles. The zero-order valence-corrected chi connectivity index (χ0v) is 31.2. The second kappa shape index (κ2) is 15.3. The van der Waals surface area contributed by atoms with Gasteiger partial charge in [0, 0.05) is 55.7 Å². The summed E-state index contributed by atoms with van der Waals surface area (Å²) in [5.41, 5.74) is 34.7. The highest BCUT2D eigenvalue weighted by Crippen LogP contribution is 2.36. The first kappa shape index (κ1) is 35.5. The summed E-state index contributed by atoms with van der Waals surface area (Å²) in [5, 5.41) is 7.68. The fourth-order valence-electron chi connectivity index (χ4n) is 5.71. The topological polar surface area (TPSA) is 145 Å². The summed E-state index contributed by atoms with van der Waals surface area (Å²) in [4.78, 5) is 14.0. The second-order valence-corrected chi connectivity index (χ2v) is 14.2. The molecule has 0 aliphatic rings. The van der Waals surface area contributed by atoms with Crippen molar-refractivity contribution < 1.29 is 4.79 Å². The van der Waals surface area contributed by atoms with Gasteiger partial charge in [0.15, 0.2) is 5.78 Å². The number of carbonyl (C=O) groups is 1. The molecule has 10 N–H and O–H groups in total. The number of benzene rings is 6. The lowest BCUT2D eigenvalue weighted by Crippen LogP contribution is -2.13. The zero-order valence-electron chi connectivity index (χ0n) is 26.5. The fourth-order valence-corrected chi connectivity index (χ4v) is 7.05. The lowest BCUT2D eigenvalue weighted by Gasteiger charge is -2.16. The zero-order chi connectivity index (χ0) is 35.5. The van der Waals surface area contributed by atoms with Gasteiger partial charge in [-0.2, -0.15) is 0 Å². The number of hydrogen-bond acceptors (Lipinski definition) is 7. The number of carbonyl (C=O) groups excluding carboxylic acids is 1. The highest BCUT2D eigenvalue weighted by molar-refractivity contribution is 9.10. The monoisotopic (exact) mass is 828 g/mol. The van der Waals surface area contributed by atoms with E-state index in [1.807, 2.05) is 97.1 Å². The van der Waals surface area contributed by atoms with Crippen LogP contribution in [0.3, 0.4) is 0 Å². The van der Waals surface area contributed by atoms with E-state index in [0.29, 0.717) is 43.7 Å². The van der Waals surface area contributed by atoms with Crippen molar-refractivity contribution >= 4 is 95.0 Å². The van der Waals surface area contributed by atoms with Gasteiger partial charge in [-0.05, 0) is 95.1 Å². The molecule has 0 aliphatic heterocycles. The predicted molar refractivity (Wildman–Crippen MR) is 217 cm³/mol. The Hall–Kier alpha value is -4.35. The van der Waals surface area contributed by atoms with Crippen LogP contribution in [0.25, 0.3) is 22.3 Å². The SMILES string of the molecule is NCc1cc(-c2ccc(Nc3ccc(Br)cc3N)cc2Cl)ccc1C(=O)c1ccc(-c2ccc(Nc3ccc(Br)cc3N)cc2Cl)cc1CN. The molecule has 0 unspecified atom stereocenters. The van der Waals surface area contributed by atoms with Crippen molar-refractivity contribution in [2.24, 2.45) is 11.5 Å². The summed E-state index contributed by atoms with van der Waals surface area (Å²) in [7, 11) is 0. The maximum Gasteiger partial charge on any atom is 0.193 e. The van der Waals surface area contributed by atoms with Crippen LogP contribution in [-0.4, -0.2) is 5.78 Å². The minimum atomic E-state index is -0.167. The normalized spacial score (nSPS) is 11.0. The molecular weight excluding hydrogens is 799 g/mol. The number of nitrogens with one attached hydrogen (secondary N) is 2. The molecular formula is C39H32Br2Cl2N6O. The molecule has 0 amide bonds. The van der Waals surface area contributed by atoms with Gasteiger partial charge in [0.25, 0.3) is 0 Å². The lowest BCUT2D eigenvalue weighted by molar-refractivity contribution is 0.103. The van der Waals surface area contributed by atoms with E-state index in [1.165, 1.54) is 0 Å². The van der Waals surface area contributed by atoms with Crippen molar-refractivity contribution in [2.45, 2.75) is 13.1 Å². The molecule has 50 heavy (non-hydrogen) atoms. The maximum absolute atomic E-state index is 14.0. The smallest absolute Gasteiger partial charge is 0.193 e. The van der Waals surface area contributed by atoms with Crippen molar-refractivity contribution in [3.05, 3.63) is 150 Å². The summed E-state index contributed by atoms with van der Waals surface area (Å²) in [6.45, 7) is 0.319. The van der Waals surface area contributed by atoms with E-state index < -0.39 is 0 Å². The lowest BCUT2D eigenvalue weighted by atomic mass is 9.90. The first-order valence-electron chi connectivity index (χ1n) is 15.5. The van der Waals surface area contributed by atoms with Gasteiger partial charge < -0.3 is 33.6 Å². The van der Waals surface area contributed by atoms with E-state index in [2.05, 4.69) is 42.5 Å². The summed E-state index contributed by atoms with van der Waals surface area (Å²) >= 11 is 20.4.